The first kappa shape index (κ1) is 27.8. The van der Waals surface area contributed by atoms with Crippen molar-refractivity contribution in [2.45, 2.75) is 64.1 Å². The molecule has 4 N–H and O–H groups in total. The van der Waals surface area contributed by atoms with Gasteiger partial charge in [-0.3, -0.25) is 34.4 Å². The normalized spacial score (nSPS) is 20.9. The maximum atomic E-state index is 13.2. The number of likely N-dealkylation sites (tertiary alicyclic amines) is 1. The van der Waals surface area contributed by atoms with Crippen LogP contribution in [0.15, 0.2) is 35.0 Å². The molecule has 1 unspecified atom stereocenters. The third-order valence-electron chi connectivity index (χ3n) is 6.73. The topological polar surface area (TPSA) is 164 Å². The number of nitrogens with two attached hydrogens (primary N) is 1. The van der Waals surface area contributed by atoms with E-state index in [0.717, 1.165) is 4.90 Å². The van der Waals surface area contributed by atoms with Gasteiger partial charge >= 0.3 is 6.09 Å². The van der Waals surface area contributed by atoms with Gasteiger partial charge in [-0.15, -0.1) is 0 Å². The van der Waals surface area contributed by atoms with Gasteiger partial charge in [0.25, 0.3) is 11.8 Å². The van der Waals surface area contributed by atoms with Crippen molar-refractivity contribution in [1.82, 2.24) is 15.1 Å². The summed E-state index contributed by atoms with van der Waals surface area (Å²) in [4.78, 5) is 69.6. The monoisotopic (exact) mass is 538 g/mol. The molecule has 3 aliphatic heterocycles. The summed E-state index contributed by atoms with van der Waals surface area (Å²) in [6, 6.07) is 3.86. The lowest BCUT2D eigenvalue weighted by molar-refractivity contribution is -0.136. The van der Waals surface area contributed by atoms with Crippen molar-refractivity contribution in [1.29, 1.82) is 0 Å². The minimum atomic E-state index is -1.03. The molecule has 0 spiro atoms. The van der Waals surface area contributed by atoms with Gasteiger partial charge in [0.1, 0.15) is 11.6 Å². The molecule has 39 heavy (non-hydrogen) atoms. The zero-order valence-corrected chi connectivity index (χ0v) is 22.4. The fraction of sp³-hybridized carbons (Fsp3) is 0.481. The Labute approximate surface area is 226 Å². The van der Waals surface area contributed by atoms with Crippen molar-refractivity contribution in [2.75, 3.05) is 25.0 Å². The van der Waals surface area contributed by atoms with Crippen LogP contribution in [0.3, 0.4) is 0 Å². The quantitative estimate of drug-likeness (QED) is 0.365. The maximum absolute atomic E-state index is 13.2. The average Bonchev–Trinajstić information content (AvgIpc) is 3.14. The SMILES string of the molecule is CC(C)(C)OC(=O)N1CCC(N=CC(=CN)CNc2cccc3c2C(=O)N(C2CCC(=O)NC2=O)C3=O)CC1. The molecule has 0 radical (unpaired) electrons. The summed E-state index contributed by atoms with van der Waals surface area (Å²) in [5, 5.41) is 5.35. The second kappa shape index (κ2) is 11.3. The zero-order valence-electron chi connectivity index (χ0n) is 22.4. The molecule has 4 rings (SSSR count). The van der Waals surface area contributed by atoms with Crippen molar-refractivity contribution in [2.24, 2.45) is 10.7 Å². The number of fused-ring (bicyclic) bond motifs is 1. The Bertz CT molecular complexity index is 1240. The summed E-state index contributed by atoms with van der Waals surface area (Å²) in [7, 11) is 0. The van der Waals surface area contributed by atoms with Crippen LogP contribution in [0.1, 0.15) is 67.2 Å². The highest BCUT2D eigenvalue weighted by atomic mass is 16.6. The fourth-order valence-corrected chi connectivity index (χ4v) is 4.73. The smallest absolute Gasteiger partial charge is 0.410 e. The first-order chi connectivity index (χ1) is 18.5. The summed E-state index contributed by atoms with van der Waals surface area (Å²) in [6.07, 6.45) is 4.30. The summed E-state index contributed by atoms with van der Waals surface area (Å²) in [6.45, 7) is 6.85. The predicted molar refractivity (Wildman–Crippen MR) is 143 cm³/mol. The van der Waals surface area contributed by atoms with Gasteiger partial charge in [0.2, 0.25) is 11.8 Å². The number of rotatable bonds is 6. The van der Waals surface area contributed by atoms with Crippen molar-refractivity contribution >= 4 is 41.6 Å². The Kier molecular flexibility index (Phi) is 8.03. The summed E-state index contributed by atoms with van der Waals surface area (Å²) < 4.78 is 5.43. The molecule has 208 valence electrons. The molecule has 12 nitrogen and oxygen atoms in total. The van der Waals surface area contributed by atoms with Crippen LogP contribution in [0.4, 0.5) is 10.5 Å². The lowest BCUT2D eigenvalue weighted by Gasteiger charge is -2.32. The number of carbonyl (C=O) groups excluding carboxylic acids is 5. The number of imide groups is 2. The minimum absolute atomic E-state index is 0.0286. The van der Waals surface area contributed by atoms with Crippen molar-refractivity contribution in [3.8, 4) is 0 Å². The van der Waals surface area contributed by atoms with Crippen LogP contribution in [0.2, 0.25) is 0 Å². The van der Waals surface area contributed by atoms with Gasteiger partial charge in [-0.2, -0.15) is 0 Å². The number of nitrogens with zero attached hydrogens (tertiary/aromatic N) is 3. The lowest BCUT2D eigenvalue weighted by atomic mass is 10.0. The number of anilines is 1. The average molecular weight is 539 g/mol. The van der Waals surface area contributed by atoms with E-state index in [4.69, 9.17) is 10.5 Å². The molecule has 2 saturated heterocycles. The molecule has 12 heteroatoms. The van der Waals surface area contributed by atoms with Crippen molar-refractivity contribution in [3.05, 3.63) is 41.1 Å². The number of amides is 5. The van der Waals surface area contributed by atoms with Crippen LogP contribution in [0.25, 0.3) is 0 Å². The van der Waals surface area contributed by atoms with Crippen molar-refractivity contribution in [3.63, 3.8) is 0 Å². The molecule has 2 fully saturated rings. The number of hydrogen-bond acceptors (Lipinski definition) is 9. The van der Waals surface area contributed by atoms with Crippen LogP contribution in [-0.2, 0) is 14.3 Å². The zero-order chi connectivity index (χ0) is 28.3. The maximum Gasteiger partial charge on any atom is 0.410 e. The minimum Gasteiger partial charge on any atom is -0.444 e. The Hall–Kier alpha value is -4.22. The van der Waals surface area contributed by atoms with E-state index in [1.54, 1.807) is 23.2 Å². The molecule has 0 aliphatic carbocycles. The van der Waals surface area contributed by atoms with Gasteiger partial charge in [-0.25, -0.2) is 4.79 Å². The Morgan fingerprint density at radius 1 is 1.15 bits per heavy atom. The van der Waals surface area contributed by atoms with Gasteiger partial charge in [-0.05, 0) is 52.2 Å². The van der Waals surface area contributed by atoms with Gasteiger partial charge in [0.05, 0.1) is 17.2 Å². The van der Waals surface area contributed by atoms with Crippen LogP contribution in [0, 0.1) is 0 Å². The van der Waals surface area contributed by atoms with E-state index in [-0.39, 0.29) is 42.6 Å². The predicted octanol–water partition coefficient (Wildman–Crippen LogP) is 1.81. The first-order valence-electron chi connectivity index (χ1n) is 13.0. The fourth-order valence-electron chi connectivity index (χ4n) is 4.73. The molecule has 1 atom stereocenters. The van der Waals surface area contributed by atoms with Gasteiger partial charge in [0, 0.05) is 49.7 Å². The highest BCUT2D eigenvalue weighted by Gasteiger charge is 2.45. The molecule has 3 aliphatic rings. The van der Waals surface area contributed by atoms with Crippen LogP contribution < -0.4 is 16.4 Å². The molecular formula is C27H34N6O6. The molecule has 0 aromatic heterocycles. The number of hydrogen-bond donors (Lipinski definition) is 3. The van der Waals surface area contributed by atoms with E-state index in [1.165, 1.54) is 12.3 Å². The van der Waals surface area contributed by atoms with E-state index < -0.39 is 35.3 Å². The molecule has 0 saturated carbocycles. The van der Waals surface area contributed by atoms with Crippen LogP contribution >= 0.6 is 0 Å². The summed E-state index contributed by atoms with van der Waals surface area (Å²) >= 11 is 0. The number of piperidine rings is 2. The van der Waals surface area contributed by atoms with Crippen LogP contribution in [0.5, 0.6) is 0 Å². The number of ether oxygens (including phenoxy) is 1. The summed E-state index contributed by atoms with van der Waals surface area (Å²) in [5.74, 6) is -2.23. The number of benzene rings is 1. The molecule has 1 aromatic carbocycles. The van der Waals surface area contributed by atoms with E-state index >= 15 is 0 Å². The van der Waals surface area contributed by atoms with Gasteiger partial charge < -0.3 is 20.7 Å². The Balaban J connectivity index is 1.36. The molecule has 0 bridgehead atoms. The molecule has 5 amide bonds. The van der Waals surface area contributed by atoms with E-state index in [0.29, 0.717) is 37.2 Å². The third kappa shape index (κ3) is 6.27. The Morgan fingerprint density at radius 3 is 2.51 bits per heavy atom. The molecule has 3 heterocycles. The highest BCUT2D eigenvalue weighted by molar-refractivity contribution is 6.25. The van der Waals surface area contributed by atoms with E-state index in [9.17, 15) is 24.0 Å². The molecular weight excluding hydrogens is 504 g/mol. The second-order valence-electron chi connectivity index (χ2n) is 10.7. The van der Waals surface area contributed by atoms with Crippen molar-refractivity contribution < 1.29 is 28.7 Å². The largest absolute Gasteiger partial charge is 0.444 e. The molecule has 1 aromatic rings. The number of carbonyl (C=O) groups is 5. The number of nitrogens with one attached hydrogen (secondary N) is 2. The van der Waals surface area contributed by atoms with Crippen LogP contribution in [-0.4, -0.2) is 83.1 Å². The number of aliphatic imine (C=N–C) groups is 1. The Morgan fingerprint density at radius 2 is 1.87 bits per heavy atom. The van der Waals surface area contributed by atoms with Gasteiger partial charge in [0.15, 0.2) is 0 Å². The van der Waals surface area contributed by atoms with E-state index in [1.807, 2.05) is 20.8 Å². The van der Waals surface area contributed by atoms with Gasteiger partial charge in [-0.1, -0.05) is 6.07 Å². The van der Waals surface area contributed by atoms with E-state index in [2.05, 4.69) is 15.6 Å². The second-order valence-corrected chi connectivity index (χ2v) is 10.7. The first-order valence-corrected chi connectivity index (χ1v) is 13.0. The third-order valence-corrected chi connectivity index (χ3v) is 6.73. The standard InChI is InChI=1S/C27H34N6O6/c1-27(2,3)39-26(38)32-11-9-17(10-12-32)29-14-16(13-28)15-30-19-6-4-5-18-22(19)25(37)33(24(18)36)20-7-8-21(34)31-23(20)35/h4-6,13-14,17,20,30H,7-12,15,28H2,1-3H3,(H,31,34,35). The highest BCUT2D eigenvalue weighted by Crippen LogP contribution is 2.32. The lowest BCUT2D eigenvalue weighted by Crippen LogP contribution is -2.54. The summed E-state index contributed by atoms with van der Waals surface area (Å²) in [5.41, 5.74) is 6.74.